The molecule has 0 amide bonds. The summed E-state index contributed by atoms with van der Waals surface area (Å²) in [5, 5.41) is 2.22. The van der Waals surface area contributed by atoms with Crippen LogP contribution in [0.1, 0.15) is 25.8 Å². The lowest BCUT2D eigenvalue weighted by Gasteiger charge is -2.20. The van der Waals surface area contributed by atoms with E-state index in [1.165, 1.54) is 6.08 Å². The SMILES string of the molecule is C=CCOC(=O)[C@@H](CC(=O)[C@@H](N)Cc1cccc2ccccc12)C(C)C. The number of ether oxygens (including phenoxy) is 1. The van der Waals surface area contributed by atoms with E-state index in [1.807, 2.05) is 56.3 Å². The van der Waals surface area contributed by atoms with Crippen LogP contribution in [0.25, 0.3) is 10.8 Å². The molecule has 0 spiro atoms. The first kappa shape index (κ1) is 19.9. The average Bonchev–Trinajstić information content (AvgIpc) is 2.63. The van der Waals surface area contributed by atoms with Crippen molar-refractivity contribution in [2.24, 2.45) is 17.6 Å². The normalized spacial score (nSPS) is 13.4. The van der Waals surface area contributed by atoms with Crippen molar-refractivity contribution in [3.05, 3.63) is 60.7 Å². The predicted octanol–water partition coefficient (Wildman–Crippen LogP) is 3.67. The van der Waals surface area contributed by atoms with Crippen molar-refractivity contribution in [2.45, 2.75) is 32.7 Å². The third kappa shape index (κ3) is 5.02. The number of carbonyl (C=O) groups is 2. The summed E-state index contributed by atoms with van der Waals surface area (Å²) in [6.07, 6.45) is 2.07. The van der Waals surface area contributed by atoms with Gasteiger partial charge in [-0.15, -0.1) is 0 Å². The second-order valence-electron chi connectivity index (χ2n) is 6.89. The van der Waals surface area contributed by atoms with Crippen molar-refractivity contribution >= 4 is 22.5 Å². The molecular weight excluding hydrogens is 326 g/mol. The molecule has 2 aromatic rings. The highest BCUT2D eigenvalue weighted by Crippen LogP contribution is 2.22. The Bertz CT molecular complexity index is 777. The molecule has 138 valence electrons. The smallest absolute Gasteiger partial charge is 0.309 e. The number of nitrogens with two attached hydrogens (primary N) is 1. The van der Waals surface area contributed by atoms with Gasteiger partial charge >= 0.3 is 5.97 Å². The van der Waals surface area contributed by atoms with Gasteiger partial charge in [-0.1, -0.05) is 69.0 Å². The molecule has 0 radical (unpaired) electrons. The number of fused-ring (bicyclic) bond motifs is 1. The van der Waals surface area contributed by atoms with Crippen molar-refractivity contribution in [2.75, 3.05) is 6.61 Å². The average molecular weight is 353 g/mol. The van der Waals surface area contributed by atoms with Gasteiger partial charge in [0, 0.05) is 6.42 Å². The minimum absolute atomic E-state index is 0.000945. The van der Waals surface area contributed by atoms with Crippen molar-refractivity contribution < 1.29 is 14.3 Å². The lowest BCUT2D eigenvalue weighted by atomic mass is 9.87. The lowest BCUT2D eigenvalue weighted by molar-refractivity contribution is -0.150. The van der Waals surface area contributed by atoms with Crippen molar-refractivity contribution in [3.63, 3.8) is 0 Å². The molecule has 2 N–H and O–H groups in total. The van der Waals surface area contributed by atoms with Crippen LogP contribution < -0.4 is 5.73 Å². The van der Waals surface area contributed by atoms with Crippen LogP contribution in [0.3, 0.4) is 0 Å². The Kier molecular flexibility index (Phi) is 7.10. The van der Waals surface area contributed by atoms with Gasteiger partial charge in [-0.05, 0) is 28.7 Å². The van der Waals surface area contributed by atoms with E-state index in [9.17, 15) is 9.59 Å². The standard InChI is InChI=1S/C22H27NO3/c1-4-12-26-22(25)19(15(2)3)14-21(24)20(23)13-17-10-7-9-16-8-5-6-11-18(16)17/h4-11,15,19-20H,1,12-14,23H2,2-3H3/t19-,20-/m0/s1. The first-order valence-corrected chi connectivity index (χ1v) is 8.96. The zero-order valence-electron chi connectivity index (χ0n) is 15.5. The highest BCUT2D eigenvalue weighted by Gasteiger charge is 2.28. The van der Waals surface area contributed by atoms with Gasteiger partial charge in [-0.3, -0.25) is 9.59 Å². The number of esters is 1. The van der Waals surface area contributed by atoms with Gasteiger partial charge in [0.2, 0.25) is 0 Å². The zero-order chi connectivity index (χ0) is 19.1. The largest absolute Gasteiger partial charge is 0.461 e. The fourth-order valence-electron chi connectivity index (χ4n) is 3.03. The first-order chi connectivity index (χ1) is 12.4. The quantitative estimate of drug-likeness (QED) is 0.552. The number of Topliss-reactive ketones (excluding diaryl/α,β-unsaturated/α-hetero) is 1. The molecule has 0 aliphatic carbocycles. The fourth-order valence-corrected chi connectivity index (χ4v) is 3.03. The maximum atomic E-state index is 12.6. The Hall–Kier alpha value is -2.46. The summed E-state index contributed by atoms with van der Waals surface area (Å²) >= 11 is 0. The Morgan fingerprint density at radius 3 is 2.54 bits per heavy atom. The van der Waals surface area contributed by atoms with Crippen LogP contribution in [-0.4, -0.2) is 24.4 Å². The molecule has 0 saturated heterocycles. The van der Waals surface area contributed by atoms with E-state index >= 15 is 0 Å². The Morgan fingerprint density at radius 1 is 1.15 bits per heavy atom. The van der Waals surface area contributed by atoms with E-state index in [0.717, 1.165) is 16.3 Å². The van der Waals surface area contributed by atoms with Gasteiger partial charge < -0.3 is 10.5 Å². The topological polar surface area (TPSA) is 69.4 Å². The van der Waals surface area contributed by atoms with Gasteiger partial charge in [0.05, 0.1) is 12.0 Å². The monoisotopic (exact) mass is 353 g/mol. The van der Waals surface area contributed by atoms with E-state index in [2.05, 4.69) is 6.58 Å². The summed E-state index contributed by atoms with van der Waals surface area (Å²) in [5.74, 6) is -0.972. The van der Waals surface area contributed by atoms with Gasteiger partial charge in [0.1, 0.15) is 6.61 Å². The van der Waals surface area contributed by atoms with Gasteiger partial charge in [-0.2, -0.15) is 0 Å². The van der Waals surface area contributed by atoms with Gasteiger partial charge in [-0.25, -0.2) is 0 Å². The van der Waals surface area contributed by atoms with Crippen LogP contribution >= 0.6 is 0 Å². The highest BCUT2D eigenvalue weighted by atomic mass is 16.5. The number of rotatable bonds is 9. The van der Waals surface area contributed by atoms with Crippen molar-refractivity contribution in [3.8, 4) is 0 Å². The fraction of sp³-hybridized carbons (Fsp3) is 0.364. The summed E-state index contributed by atoms with van der Waals surface area (Å²) in [6, 6.07) is 13.4. The highest BCUT2D eigenvalue weighted by molar-refractivity contribution is 5.90. The Morgan fingerprint density at radius 2 is 1.85 bits per heavy atom. The summed E-state index contributed by atoms with van der Waals surface area (Å²) in [6.45, 7) is 7.50. The molecule has 2 rings (SSSR count). The summed E-state index contributed by atoms with van der Waals surface area (Å²) in [5.41, 5.74) is 7.21. The third-order valence-electron chi connectivity index (χ3n) is 4.61. The van der Waals surface area contributed by atoms with Crippen LogP contribution in [0.5, 0.6) is 0 Å². The van der Waals surface area contributed by atoms with Gasteiger partial charge in [0.15, 0.2) is 5.78 Å². The molecule has 0 saturated carbocycles. The molecule has 0 fully saturated rings. The van der Waals surface area contributed by atoms with Crippen LogP contribution in [0.15, 0.2) is 55.1 Å². The molecule has 4 nitrogen and oxygen atoms in total. The molecule has 0 unspecified atom stereocenters. The predicted molar refractivity (Wildman–Crippen MR) is 105 cm³/mol. The van der Waals surface area contributed by atoms with Crippen LogP contribution in [0.2, 0.25) is 0 Å². The minimum Gasteiger partial charge on any atom is -0.461 e. The Labute approximate surface area is 155 Å². The molecule has 0 aliphatic rings. The van der Waals surface area contributed by atoms with E-state index in [0.29, 0.717) is 6.42 Å². The van der Waals surface area contributed by atoms with Crippen LogP contribution in [0, 0.1) is 11.8 Å². The molecule has 0 bridgehead atoms. The molecule has 0 aliphatic heterocycles. The van der Waals surface area contributed by atoms with E-state index in [1.54, 1.807) is 0 Å². The van der Waals surface area contributed by atoms with E-state index in [-0.39, 0.29) is 30.7 Å². The second kappa shape index (κ2) is 9.30. The molecule has 26 heavy (non-hydrogen) atoms. The van der Waals surface area contributed by atoms with Crippen LogP contribution in [-0.2, 0) is 20.7 Å². The first-order valence-electron chi connectivity index (χ1n) is 8.96. The summed E-state index contributed by atoms with van der Waals surface area (Å²) in [7, 11) is 0. The number of hydrogen-bond acceptors (Lipinski definition) is 4. The van der Waals surface area contributed by atoms with E-state index < -0.39 is 12.0 Å². The molecule has 2 aromatic carbocycles. The third-order valence-corrected chi connectivity index (χ3v) is 4.61. The molecule has 4 heteroatoms. The van der Waals surface area contributed by atoms with Crippen molar-refractivity contribution in [1.29, 1.82) is 0 Å². The molecule has 0 aromatic heterocycles. The zero-order valence-corrected chi connectivity index (χ0v) is 15.5. The number of hydrogen-bond donors (Lipinski definition) is 1. The minimum atomic E-state index is -0.644. The molecular formula is C22H27NO3. The maximum absolute atomic E-state index is 12.6. The maximum Gasteiger partial charge on any atom is 0.309 e. The summed E-state index contributed by atoms with van der Waals surface area (Å²) < 4.78 is 5.12. The van der Waals surface area contributed by atoms with Crippen LogP contribution in [0.4, 0.5) is 0 Å². The number of benzene rings is 2. The summed E-state index contributed by atoms with van der Waals surface area (Å²) in [4.78, 5) is 24.8. The lowest BCUT2D eigenvalue weighted by Crippen LogP contribution is -2.36. The number of ketones is 1. The van der Waals surface area contributed by atoms with E-state index in [4.69, 9.17) is 10.5 Å². The van der Waals surface area contributed by atoms with Crippen molar-refractivity contribution in [1.82, 2.24) is 0 Å². The number of carbonyl (C=O) groups excluding carboxylic acids is 2. The molecule has 2 atom stereocenters. The Balaban J connectivity index is 2.08. The molecule has 0 heterocycles. The second-order valence-corrected chi connectivity index (χ2v) is 6.89. The van der Waals surface area contributed by atoms with Gasteiger partial charge in [0.25, 0.3) is 0 Å².